The van der Waals surface area contributed by atoms with E-state index in [9.17, 15) is 9.90 Å². The quantitative estimate of drug-likeness (QED) is 0.646. The number of rotatable bonds is 4. The van der Waals surface area contributed by atoms with E-state index < -0.39 is 12.0 Å². The summed E-state index contributed by atoms with van der Waals surface area (Å²) in [5.74, 6) is -0.705. The van der Waals surface area contributed by atoms with Gasteiger partial charge in [-0.1, -0.05) is 30.0 Å². The Kier molecular flexibility index (Phi) is 4.28. The van der Waals surface area contributed by atoms with E-state index in [-0.39, 0.29) is 11.3 Å². The van der Waals surface area contributed by atoms with Gasteiger partial charge in [0.1, 0.15) is 11.8 Å². The predicted molar refractivity (Wildman–Crippen MR) is 74.3 cm³/mol. The number of aliphatic imine (C=N–C) groups is 1. The maximum absolute atomic E-state index is 10.9. The molecule has 1 atom stereocenters. The SMILES string of the molecule is NC(C(=O)O)c1cccc(CSC2=NCCN2)c1O. The highest BCUT2D eigenvalue weighted by molar-refractivity contribution is 8.13. The molecule has 7 heteroatoms. The molecule has 102 valence electrons. The Hall–Kier alpha value is -1.73. The van der Waals surface area contributed by atoms with E-state index in [1.165, 1.54) is 17.8 Å². The third-order valence-corrected chi connectivity index (χ3v) is 3.76. The first kappa shape index (κ1) is 13.7. The van der Waals surface area contributed by atoms with Crippen LogP contribution in [-0.4, -0.2) is 34.4 Å². The monoisotopic (exact) mass is 281 g/mol. The molecule has 0 aliphatic carbocycles. The summed E-state index contributed by atoms with van der Waals surface area (Å²) in [5, 5.41) is 22.9. The molecular formula is C12H15N3O3S. The van der Waals surface area contributed by atoms with E-state index in [2.05, 4.69) is 10.3 Å². The molecule has 6 nitrogen and oxygen atoms in total. The van der Waals surface area contributed by atoms with Crippen molar-refractivity contribution in [3.8, 4) is 5.75 Å². The van der Waals surface area contributed by atoms with Crippen molar-refractivity contribution in [3.63, 3.8) is 0 Å². The smallest absolute Gasteiger partial charge is 0.325 e. The lowest BCUT2D eigenvalue weighted by Gasteiger charge is -2.12. The number of aliphatic carboxylic acids is 1. The van der Waals surface area contributed by atoms with Gasteiger partial charge in [-0.3, -0.25) is 9.79 Å². The van der Waals surface area contributed by atoms with Gasteiger partial charge in [-0.05, 0) is 0 Å². The Bertz CT molecular complexity index is 519. The fourth-order valence-electron chi connectivity index (χ4n) is 1.73. The van der Waals surface area contributed by atoms with Crippen LogP contribution in [0.4, 0.5) is 0 Å². The number of aromatic hydroxyl groups is 1. The number of hydrogen-bond donors (Lipinski definition) is 4. The van der Waals surface area contributed by atoms with Crippen LogP contribution >= 0.6 is 11.8 Å². The van der Waals surface area contributed by atoms with E-state index in [4.69, 9.17) is 10.8 Å². The number of thioether (sulfide) groups is 1. The molecule has 0 spiro atoms. The number of nitrogens with zero attached hydrogens (tertiary/aromatic N) is 1. The Labute approximate surface area is 114 Å². The van der Waals surface area contributed by atoms with E-state index in [1.54, 1.807) is 12.1 Å². The Morgan fingerprint density at radius 3 is 3.00 bits per heavy atom. The summed E-state index contributed by atoms with van der Waals surface area (Å²) in [4.78, 5) is 15.1. The average molecular weight is 281 g/mol. The van der Waals surface area contributed by atoms with Gasteiger partial charge in [0.25, 0.3) is 0 Å². The minimum Gasteiger partial charge on any atom is -0.507 e. The van der Waals surface area contributed by atoms with Crippen molar-refractivity contribution in [2.45, 2.75) is 11.8 Å². The standard InChI is InChI=1S/C12H15N3O3S/c13-9(11(17)18)8-3-1-2-7(10(8)16)6-19-12-14-4-5-15-12/h1-3,9,16H,4-6,13H2,(H,14,15)(H,17,18). The van der Waals surface area contributed by atoms with Gasteiger partial charge in [0.15, 0.2) is 5.17 Å². The normalized spacial score (nSPS) is 15.7. The Morgan fingerprint density at radius 1 is 1.58 bits per heavy atom. The van der Waals surface area contributed by atoms with Gasteiger partial charge < -0.3 is 21.3 Å². The summed E-state index contributed by atoms with van der Waals surface area (Å²) in [6, 6.07) is 3.74. The first-order valence-electron chi connectivity index (χ1n) is 5.80. The number of nitrogens with two attached hydrogens (primary N) is 1. The first-order chi connectivity index (χ1) is 9.09. The number of carbonyl (C=O) groups is 1. The number of phenolic OH excluding ortho intramolecular Hbond substituents is 1. The summed E-state index contributed by atoms with van der Waals surface area (Å²) < 4.78 is 0. The summed E-state index contributed by atoms with van der Waals surface area (Å²) in [7, 11) is 0. The van der Waals surface area contributed by atoms with Crippen LogP contribution < -0.4 is 11.1 Å². The Morgan fingerprint density at radius 2 is 2.37 bits per heavy atom. The van der Waals surface area contributed by atoms with Gasteiger partial charge >= 0.3 is 5.97 Å². The van der Waals surface area contributed by atoms with Crippen LogP contribution in [0.1, 0.15) is 17.2 Å². The Balaban J connectivity index is 2.12. The zero-order valence-electron chi connectivity index (χ0n) is 10.2. The summed E-state index contributed by atoms with van der Waals surface area (Å²) in [6.45, 7) is 1.59. The topological polar surface area (TPSA) is 108 Å². The molecule has 0 radical (unpaired) electrons. The lowest BCUT2D eigenvalue weighted by atomic mass is 10.0. The zero-order chi connectivity index (χ0) is 13.8. The molecule has 2 rings (SSSR count). The third kappa shape index (κ3) is 3.18. The predicted octanol–water partition coefficient (Wildman–Crippen LogP) is 0.669. The van der Waals surface area contributed by atoms with Crippen LogP contribution in [0.5, 0.6) is 5.75 Å². The summed E-state index contributed by atoms with van der Waals surface area (Å²) >= 11 is 1.47. The van der Waals surface area contributed by atoms with E-state index >= 15 is 0 Å². The highest BCUT2D eigenvalue weighted by atomic mass is 32.2. The fraction of sp³-hybridized carbons (Fsp3) is 0.333. The molecule has 1 aliphatic heterocycles. The number of carboxylic acids is 1. The largest absolute Gasteiger partial charge is 0.507 e. The van der Waals surface area contributed by atoms with Crippen LogP contribution in [-0.2, 0) is 10.5 Å². The molecule has 0 saturated carbocycles. The second-order valence-corrected chi connectivity index (χ2v) is 5.04. The van der Waals surface area contributed by atoms with E-state index in [1.807, 2.05) is 0 Å². The van der Waals surface area contributed by atoms with Crippen LogP contribution in [0, 0.1) is 0 Å². The molecule has 1 aromatic rings. The molecule has 0 amide bonds. The number of nitrogens with one attached hydrogen (secondary N) is 1. The molecule has 1 heterocycles. The minimum absolute atomic E-state index is 0.0523. The highest BCUT2D eigenvalue weighted by Crippen LogP contribution is 2.30. The highest BCUT2D eigenvalue weighted by Gasteiger charge is 2.20. The lowest BCUT2D eigenvalue weighted by Crippen LogP contribution is -2.21. The summed E-state index contributed by atoms with van der Waals surface area (Å²) in [5.41, 5.74) is 6.40. The van der Waals surface area contributed by atoms with Crippen LogP contribution in [0.25, 0.3) is 0 Å². The number of phenols is 1. The van der Waals surface area contributed by atoms with Gasteiger partial charge in [0.05, 0.1) is 6.54 Å². The number of para-hydroxylation sites is 1. The van der Waals surface area contributed by atoms with Crippen LogP contribution in [0.15, 0.2) is 23.2 Å². The van der Waals surface area contributed by atoms with Crippen molar-refractivity contribution < 1.29 is 15.0 Å². The average Bonchev–Trinajstić information content (AvgIpc) is 2.90. The van der Waals surface area contributed by atoms with Gasteiger partial charge in [0, 0.05) is 23.4 Å². The van der Waals surface area contributed by atoms with Gasteiger partial charge in [0.2, 0.25) is 0 Å². The van der Waals surface area contributed by atoms with Crippen molar-refractivity contribution in [2.75, 3.05) is 13.1 Å². The minimum atomic E-state index is -1.22. The van der Waals surface area contributed by atoms with Crippen molar-refractivity contribution in [2.24, 2.45) is 10.7 Å². The van der Waals surface area contributed by atoms with Gasteiger partial charge in [-0.15, -0.1) is 0 Å². The second kappa shape index (κ2) is 5.94. The number of amidine groups is 1. The van der Waals surface area contributed by atoms with Crippen molar-refractivity contribution in [1.82, 2.24) is 5.32 Å². The van der Waals surface area contributed by atoms with Gasteiger partial charge in [-0.25, -0.2) is 0 Å². The zero-order valence-corrected chi connectivity index (χ0v) is 11.0. The molecule has 0 aromatic heterocycles. The summed E-state index contributed by atoms with van der Waals surface area (Å²) in [6.07, 6.45) is 0. The third-order valence-electron chi connectivity index (χ3n) is 2.76. The maximum atomic E-state index is 10.9. The lowest BCUT2D eigenvalue weighted by molar-refractivity contribution is -0.138. The molecular weight excluding hydrogens is 266 g/mol. The first-order valence-corrected chi connectivity index (χ1v) is 6.78. The molecule has 1 unspecified atom stereocenters. The number of benzene rings is 1. The van der Waals surface area contributed by atoms with Crippen molar-refractivity contribution >= 4 is 22.9 Å². The fourth-order valence-corrected chi connectivity index (χ4v) is 2.64. The number of hydrogen-bond acceptors (Lipinski definition) is 6. The second-order valence-electron chi connectivity index (χ2n) is 4.07. The van der Waals surface area contributed by atoms with Gasteiger partial charge in [-0.2, -0.15) is 0 Å². The van der Waals surface area contributed by atoms with Crippen molar-refractivity contribution in [1.29, 1.82) is 0 Å². The van der Waals surface area contributed by atoms with Crippen molar-refractivity contribution in [3.05, 3.63) is 29.3 Å². The van der Waals surface area contributed by atoms with E-state index in [0.717, 1.165) is 18.3 Å². The molecule has 0 bridgehead atoms. The molecule has 0 saturated heterocycles. The molecule has 1 aromatic carbocycles. The molecule has 0 fully saturated rings. The number of carboxylic acid groups (broad SMARTS) is 1. The van der Waals surface area contributed by atoms with Crippen LogP contribution in [0.3, 0.4) is 0 Å². The molecule has 19 heavy (non-hydrogen) atoms. The molecule has 1 aliphatic rings. The van der Waals surface area contributed by atoms with Crippen LogP contribution in [0.2, 0.25) is 0 Å². The molecule has 5 N–H and O–H groups in total. The van der Waals surface area contributed by atoms with E-state index in [0.29, 0.717) is 11.3 Å². The maximum Gasteiger partial charge on any atom is 0.325 e.